The van der Waals surface area contributed by atoms with Crippen molar-refractivity contribution in [2.75, 3.05) is 13.2 Å². The number of carbonyl (C=O) groups excluding carboxylic acids is 3. The first-order valence-electron chi connectivity index (χ1n) is 12.4. The molecule has 7 nitrogen and oxygen atoms in total. The lowest BCUT2D eigenvalue weighted by Gasteiger charge is -2.31. The summed E-state index contributed by atoms with van der Waals surface area (Å²) in [6, 6.07) is 7.38. The minimum Gasteiger partial charge on any atom is -0.463 e. The van der Waals surface area contributed by atoms with E-state index in [1.54, 1.807) is 33.8 Å². The molecular weight excluding hydrogens is 446 g/mol. The van der Waals surface area contributed by atoms with Gasteiger partial charge in [0.15, 0.2) is 0 Å². The average Bonchev–Trinajstić information content (AvgIpc) is 2.83. The van der Waals surface area contributed by atoms with E-state index in [2.05, 4.69) is 5.32 Å². The highest BCUT2D eigenvalue weighted by Crippen LogP contribution is 2.41. The molecule has 1 aliphatic heterocycles. The number of hydrogen-bond acceptors (Lipinski definition) is 7. The summed E-state index contributed by atoms with van der Waals surface area (Å²) >= 11 is 0. The average molecular weight is 482 g/mol. The van der Waals surface area contributed by atoms with Gasteiger partial charge in [-0.25, -0.2) is 14.4 Å². The summed E-state index contributed by atoms with van der Waals surface area (Å²) in [5.74, 6) is -2.13. The number of hydrogen-bond donors (Lipinski definition) is 1. The Balaban J connectivity index is 2.01. The lowest BCUT2D eigenvalue weighted by atomic mass is 9.78. The number of dihydropyridines is 1. The second kappa shape index (κ2) is 12.4. The molecule has 0 amide bonds. The van der Waals surface area contributed by atoms with Crippen molar-refractivity contribution < 1.29 is 28.6 Å². The van der Waals surface area contributed by atoms with Crippen molar-refractivity contribution in [1.82, 2.24) is 5.32 Å². The number of benzene rings is 1. The molecule has 2 aliphatic rings. The highest BCUT2D eigenvalue weighted by molar-refractivity contribution is 6.00. The van der Waals surface area contributed by atoms with E-state index in [0.29, 0.717) is 33.7 Å². The van der Waals surface area contributed by atoms with E-state index in [0.717, 1.165) is 25.7 Å². The third-order valence-corrected chi connectivity index (χ3v) is 6.29. The van der Waals surface area contributed by atoms with Crippen LogP contribution >= 0.6 is 0 Å². The lowest BCUT2D eigenvalue weighted by molar-refractivity contribution is -0.144. The fraction of sp³-hybridized carbons (Fsp3) is 0.464. The molecule has 0 radical (unpaired) electrons. The zero-order valence-electron chi connectivity index (χ0n) is 21.0. The third kappa shape index (κ3) is 6.41. The first-order chi connectivity index (χ1) is 16.9. The Kier molecular flexibility index (Phi) is 9.29. The Morgan fingerprint density at radius 1 is 0.914 bits per heavy atom. The van der Waals surface area contributed by atoms with Gasteiger partial charge in [0.05, 0.1) is 30.3 Å². The topological polar surface area (TPSA) is 90.9 Å². The van der Waals surface area contributed by atoms with Crippen LogP contribution in [0.4, 0.5) is 0 Å². The van der Waals surface area contributed by atoms with Crippen LogP contribution in [-0.4, -0.2) is 37.2 Å². The molecule has 1 N–H and O–H groups in total. The molecule has 0 aromatic heterocycles. The molecule has 1 saturated carbocycles. The normalized spacial score (nSPS) is 17.4. The Bertz CT molecular complexity index is 1010. The fourth-order valence-corrected chi connectivity index (χ4v) is 4.73. The standard InChI is InChI=1S/C28H35NO6/c1-5-33-27(31)24-18(3)29-19(4)25(28(32)34-6-2)26(24)22-15-11-10-12-20(22)16-17-23(30)35-21-13-8-7-9-14-21/h10-12,15-17,21,26,29H,5-9,13-14H2,1-4H3. The van der Waals surface area contributed by atoms with Gasteiger partial charge in [0.25, 0.3) is 0 Å². The van der Waals surface area contributed by atoms with Crippen LogP contribution < -0.4 is 5.32 Å². The van der Waals surface area contributed by atoms with Crippen molar-refractivity contribution in [2.24, 2.45) is 0 Å². The van der Waals surface area contributed by atoms with E-state index in [4.69, 9.17) is 14.2 Å². The Labute approximate surface area is 207 Å². The molecule has 0 unspecified atom stereocenters. The van der Waals surface area contributed by atoms with Crippen LogP contribution in [0.5, 0.6) is 0 Å². The van der Waals surface area contributed by atoms with Gasteiger partial charge in [-0.15, -0.1) is 0 Å². The molecule has 1 heterocycles. The molecule has 7 heteroatoms. The van der Waals surface area contributed by atoms with Gasteiger partial charge in [-0.2, -0.15) is 0 Å². The molecular formula is C28H35NO6. The van der Waals surface area contributed by atoms with Crippen molar-refractivity contribution in [1.29, 1.82) is 0 Å². The summed E-state index contributed by atoms with van der Waals surface area (Å²) in [5, 5.41) is 3.14. The van der Waals surface area contributed by atoms with Crippen molar-refractivity contribution in [2.45, 2.75) is 71.8 Å². The van der Waals surface area contributed by atoms with E-state index in [-0.39, 0.29) is 19.3 Å². The minimum absolute atomic E-state index is 0.0393. The first kappa shape index (κ1) is 26.3. The summed E-state index contributed by atoms with van der Waals surface area (Å²) in [7, 11) is 0. The molecule has 1 aromatic carbocycles. The van der Waals surface area contributed by atoms with Gasteiger partial charge < -0.3 is 19.5 Å². The predicted octanol–water partition coefficient (Wildman–Crippen LogP) is 4.94. The quantitative estimate of drug-likeness (QED) is 0.320. The number of nitrogens with one attached hydrogen (secondary N) is 1. The van der Waals surface area contributed by atoms with Crippen molar-refractivity contribution >= 4 is 24.0 Å². The van der Waals surface area contributed by atoms with E-state index >= 15 is 0 Å². The fourth-order valence-electron chi connectivity index (χ4n) is 4.73. The van der Waals surface area contributed by atoms with Crippen LogP contribution in [0, 0.1) is 0 Å². The second-order valence-electron chi connectivity index (χ2n) is 8.74. The maximum atomic E-state index is 13.0. The summed E-state index contributed by atoms with van der Waals surface area (Å²) < 4.78 is 16.3. The number of ether oxygens (including phenoxy) is 3. The van der Waals surface area contributed by atoms with E-state index in [1.165, 1.54) is 12.5 Å². The number of esters is 3. The lowest BCUT2D eigenvalue weighted by Crippen LogP contribution is -2.32. The van der Waals surface area contributed by atoms with Crippen LogP contribution in [-0.2, 0) is 28.6 Å². The van der Waals surface area contributed by atoms with Gasteiger partial charge in [0.2, 0.25) is 0 Å². The van der Waals surface area contributed by atoms with Gasteiger partial charge in [-0.05, 0) is 70.6 Å². The first-order valence-corrected chi connectivity index (χ1v) is 12.4. The summed E-state index contributed by atoms with van der Waals surface area (Å²) in [6.45, 7) is 7.44. The summed E-state index contributed by atoms with van der Waals surface area (Å²) in [5.41, 5.74) is 3.28. The molecule has 0 bridgehead atoms. The Morgan fingerprint density at radius 2 is 1.49 bits per heavy atom. The number of rotatable bonds is 8. The largest absolute Gasteiger partial charge is 0.463 e. The van der Waals surface area contributed by atoms with Crippen LogP contribution in [0.2, 0.25) is 0 Å². The van der Waals surface area contributed by atoms with E-state index < -0.39 is 23.8 Å². The van der Waals surface area contributed by atoms with Crippen molar-refractivity contribution in [3.05, 3.63) is 64.0 Å². The highest BCUT2D eigenvalue weighted by Gasteiger charge is 2.38. The smallest absolute Gasteiger partial charge is 0.336 e. The second-order valence-corrected chi connectivity index (χ2v) is 8.74. The third-order valence-electron chi connectivity index (χ3n) is 6.29. The molecule has 35 heavy (non-hydrogen) atoms. The van der Waals surface area contributed by atoms with E-state index in [1.807, 2.05) is 24.3 Å². The van der Waals surface area contributed by atoms with Crippen LogP contribution in [0.25, 0.3) is 6.08 Å². The van der Waals surface area contributed by atoms with Crippen LogP contribution in [0.1, 0.15) is 76.8 Å². The molecule has 188 valence electrons. The molecule has 1 aliphatic carbocycles. The summed E-state index contributed by atoms with van der Waals surface area (Å²) in [6.07, 6.45) is 8.17. The SMILES string of the molecule is CCOC(=O)C1=C(C)NC(C)=C(C(=O)OCC)C1c1ccccc1C=CC(=O)OC1CCCCC1. The van der Waals surface area contributed by atoms with Crippen molar-refractivity contribution in [3.8, 4) is 0 Å². The zero-order valence-corrected chi connectivity index (χ0v) is 21.0. The maximum Gasteiger partial charge on any atom is 0.336 e. The highest BCUT2D eigenvalue weighted by atomic mass is 16.5. The molecule has 1 aromatic rings. The molecule has 0 spiro atoms. The minimum atomic E-state index is -0.718. The Hall–Kier alpha value is -3.35. The van der Waals surface area contributed by atoms with Gasteiger partial charge in [0, 0.05) is 17.5 Å². The van der Waals surface area contributed by atoms with Gasteiger partial charge in [-0.1, -0.05) is 30.7 Å². The molecule has 0 saturated heterocycles. The maximum absolute atomic E-state index is 13.0. The predicted molar refractivity (Wildman–Crippen MR) is 133 cm³/mol. The van der Waals surface area contributed by atoms with Crippen LogP contribution in [0.15, 0.2) is 52.9 Å². The molecule has 3 rings (SSSR count). The van der Waals surface area contributed by atoms with Gasteiger partial charge in [-0.3, -0.25) is 0 Å². The number of allylic oxidation sites excluding steroid dienone is 2. The van der Waals surface area contributed by atoms with Crippen molar-refractivity contribution in [3.63, 3.8) is 0 Å². The van der Waals surface area contributed by atoms with Gasteiger partial charge >= 0.3 is 17.9 Å². The van der Waals surface area contributed by atoms with Gasteiger partial charge in [0.1, 0.15) is 6.10 Å². The zero-order chi connectivity index (χ0) is 25.4. The molecule has 0 atom stereocenters. The monoisotopic (exact) mass is 481 g/mol. The number of carbonyl (C=O) groups is 3. The van der Waals surface area contributed by atoms with E-state index in [9.17, 15) is 14.4 Å². The van der Waals surface area contributed by atoms with Crippen LogP contribution in [0.3, 0.4) is 0 Å². The summed E-state index contributed by atoms with van der Waals surface area (Å²) in [4.78, 5) is 38.6. The Morgan fingerprint density at radius 3 is 2.06 bits per heavy atom. The molecule has 1 fully saturated rings.